The lowest BCUT2D eigenvalue weighted by Crippen LogP contribution is -2.74. The highest BCUT2D eigenvalue weighted by Gasteiger charge is 2.64. The topological polar surface area (TPSA) is 179 Å². The maximum Gasteiger partial charge on any atom is 0.254 e. The number of nitrogens with zero attached hydrogens (tertiary/aromatic N) is 10. The molecule has 2 aromatic carbocycles. The van der Waals surface area contributed by atoms with Crippen molar-refractivity contribution < 1.29 is 23.5 Å². The van der Waals surface area contributed by atoms with Gasteiger partial charge in [-0.3, -0.25) is 23.7 Å². The summed E-state index contributed by atoms with van der Waals surface area (Å²) < 4.78 is 25.5. The van der Waals surface area contributed by atoms with Gasteiger partial charge in [0.25, 0.3) is 5.91 Å². The van der Waals surface area contributed by atoms with Gasteiger partial charge in [-0.2, -0.15) is 15.5 Å². The van der Waals surface area contributed by atoms with Crippen molar-refractivity contribution in [2.75, 3.05) is 42.9 Å². The minimum atomic E-state index is -0.427. The Kier molecular flexibility index (Phi) is 11.7. The Labute approximate surface area is 388 Å². The van der Waals surface area contributed by atoms with Gasteiger partial charge in [-0.05, 0) is 48.6 Å². The lowest BCUT2D eigenvalue weighted by molar-refractivity contribution is -0.164. The molecule has 3 amide bonds. The van der Waals surface area contributed by atoms with Gasteiger partial charge in [0.15, 0.2) is 5.82 Å². The van der Waals surface area contributed by atoms with E-state index in [9.17, 15) is 19.6 Å². The van der Waals surface area contributed by atoms with Crippen molar-refractivity contribution in [2.45, 2.75) is 85.0 Å². The molecule has 66 heavy (non-hydrogen) atoms. The number of nitrogens with one attached hydrogen (secondary N) is 2. The number of ether oxygens (including phenoxy) is 1. The normalized spacial score (nSPS) is 20.1. The van der Waals surface area contributed by atoms with Crippen molar-refractivity contribution in [2.24, 2.45) is 23.8 Å². The minimum absolute atomic E-state index is 0.0262. The minimum Gasteiger partial charge on any atom is -0.489 e. The first-order chi connectivity index (χ1) is 31.5. The number of aromatic nitrogens is 6. The molecule has 1 aliphatic carbocycles. The number of hydrogen-bond donors (Lipinski definition) is 2. The molecule has 3 fully saturated rings. The zero-order valence-corrected chi connectivity index (χ0v) is 38.8. The van der Waals surface area contributed by atoms with Gasteiger partial charge in [-0.15, -0.1) is 0 Å². The number of amides is 3. The summed E-state index contributed by atoms with van der Waals surface area (Å²) in [6.07, 6.45) is 9.11. The van der Waals surface area contributed by atoms with Crippen LogP contribution in [0.25, 0.3) is 11.1 Å². The van der Waals surface area contributed by atoms with E-state index in [1.165, 1.54) is 6.07 Å². The number of aryl methyl sites for hydroxylation is 1. The molecule has 9 rings (SSSR count). The molecule has 5 aromatic rings. The van der Waals surface area contributed by atoms with Crippen LogP contribution < -0.4 is 20.3 Å². The number of carbonyl (C=O) groups is 3. The first-order valence-electron chi connectivity index (χ1n) is 22.4. The van der Waals surface area contributed by atoms with E-state index in [0.717, 1.165) is 29.7 Å². The quantitative estimate of drug-likeness (QED) is 0.144. The second kappa shape index (κ2) is 17.4. The van der Waals surface area contributed by atoms with Crippen molar-refractivity contribution in [1.82, 2.24) is 44.6 Å². The van der Waals surface area contributed by atoms with E-state index in [2.05, 4.69) is 64.4 Å². The first kappa shape index (κ1) is 44.7. The Balaban J connectivity index is 0.762. The van der Waals surface area contributed by atoms with Gasteiger partial charge in [0.05, 0.1) is 40.6 Å². The first-order valence-corrected chi connectivity index (χ1v) is 22.8. The Bertz CT molecular complexity index is 2720. The van der Waals surface area contributed by atoms with Crippen molar-refractivity contribution in [3.63, 3.8) is 0 Å². The molecule has 2 saturated heterocycles. The Morgan fingerprint density at radius 2 is 1.70 bits per heavy atom. The van der Waals surface area contributed by atoms with E-state index in [1.54, 1.807) is 59.4 Å². The summed E-state index contributed by atoms with van der Waals surface area (Å²) in [5, 5.41) is 25.1. The molecule has 16 nitrogen and oxygen atoms in total. The fourth-order valence-corrected chi connectivity index (χ4v) is 10.8. The smallest absolute Gasteiger partial charge is 0.254 e. The molecule has 0 spiro atoms. The van der Waals surface area contributed by atoms with Crippen molar-refractivity contribution in [3.05, 3.63) is 94.4 Å². The molecule has 3 aromatic heterocycles. The van der Waals surface area contributed by atoms with Gasteiger partial charge < -0.3 is 30.1 Å². The maximum absolute atomic E-state index is 15.5. The summed E-state index contributed by atoms with van der Waals surface area (Å²) in [6, 6.07) is 11.9. The van der Waals surface area contributed by atoms with Gasteiger partial charge in [0.2, 0.25) is 17.8 Å². The zero-order valence-electron chi connectivity index (χ0n) is 38.0. The lowest BCUT2D eigenvalue weighted by Gasteiger charge is -2.63. The Morgan fingerprint density at radius 1 is 0.970 bits per heavy atom. The monoisotopic (exact) mass is 916 g/mol. The van der Waals surface area contributed by atoms with Crippen LogP contribution in [0.2, 0.25) is 5.02 Å². The molecule has 0 bridgehead atoms. The van der Waals surface area contributed by atoms with Crippen LogP contribution in [0.4, 0.5) is 21.8 Å². The fraction of sp³-hybridized carbons (Fsp3) is 0.458. The standard InChI is InChI=1S/C48H54ClFN12O4/c1-28(63)60-16-13-40-36(27-60)42(55-39-10-8-30(18-38(39)50)33-23-54-58(6)24-33)57-62(40)34-25-61(26-34)41(64)17-29-11-14-59(15-12-29)46-52-21-32(22-53-46)43(65)56-44-47(2,3)45(48(44,4)5)66-35-9-7-31(20-51)37(49)19-35/h7-10,18-19,21-24,29,34,44-45H,11-17,25-27H2,1-6H3,(H,55,57)(H,56,65). The number of halogens is 2. The third kappa shape index (κ3) is 8.42. The van der Waals surface area contributed by atoms with Crippen LogP contribution in [-0.4, -0.2) is 102 Å². The molecule has 2 N–H and O–H groups in total. The summed E-state index contributed by atoms with van der Waals surface area (Å²) in [7, 11) is 1.81. The third-order valence-electron chi connectivity index (χ3n) is 14.0. The summed E-state index contributed by atoms with van der Waals surface area (Å²) >= 11 is 6.25. The van der Waals surface area contributed by atoms with Crippen LogP contribution >= 0.6 is 11.6 Å². The third-order valence-corrected chi connectivity index (χ3v) is 14.4. The largest absolute Gasteiger partial charge is 0.489 e. The van der Waals surface area contributed by atoms with Crippen LogP contribution in [0.15, 0.2) is 61.2 Å². The molecule has 1 saturated carbocycles. The second-order valence-electron chi connectivity index (χ2n) is 19.3. The predicted octanol–water partition coefficient (Wildman–Crippen LogP) is 6.69. The van der Waals surface area contributed by atoms with E-state index >= 15 is 4.39 Å². The molecular formula is C48H54ClFN12O4. The van der Waals surface area contributed by atoms with Crippen molar-refractivity contribution >= 4 is 46.8 Å². The van der Waals surface area contributed by atoms with Crippen LogP contribution in [0.3, 0.4) is 0 Å². The Hall–Kier alpha value is -6.54. The number of likely N-dealkylation sites (tertiary alicyclic amines) is 1. The SMILES string of the molecule is CC(=O)N1CCc2c(c(Nc3ccc(-c4cnn(C)c4)cc3F)nn2C2CN(C(=O)CC3CCN(c4ncc(C(=O)NC5C(C)(C)C(Oc6ccc(C#N)c(Cl)c6)C5(C)C)cn4)CC3)C2)C1. The van der Waals surface area contributed by atoms with E-state index in [1.807, 2.05) is 28.9 Å². The average molecular weight is 917 g/mol. The summed E-state index contributed by atoms with van der Waals surface area (Å²) in [5.74, 6) is 1.24. The van der Waals surface area contributed by atoms with Gasteiger partial charge in [0.1, 0.15) is 23.7 Å². The number of fused-ring (bicyclic) bond motifs is 1. The number of anilines is 3. The van der Waals surface area contributed by atoms with Crippen LogP contribution in [-0.2, 0) is 29.6 Å². The molecular weight excluding hydrogens is 863 g/mol. The molecule has 18 heteroatoms. The Morgan fingerprint density at radius 3 is 2.33 bits per heavy atom. The van der Waals surface area contributed by atoms with Gasteiger partial charge in [-0.25, -0.2) is 14.4 Å². The van der Waals surface area contributed by atoms with Gasteiger partial charge >= 0.3 is 0 Å². The number of nitriles is 1. The maximum atomic E-state index is 15.5. The molecule has 4 aliphatic rings. The molecule has 0 atom stereocenters. The molecule has 344 valence electrons. The number of benzene rings is 2. The summed E-state index contributed by atoms with van der Waals surface area (Å²) in [6.45, 7) is 13.2. The highest BCUT2D eigenvalue weighted by Crippen LogP contribution is 2.55. The van der Waals surface area contributed by atoms with Crippen LogP contribution in [0.1, 0.15) is 87.1 Å². The summed E-state index contributed by atoms with van der Waals surface area (Å²) in [5.41, 5.74) is 3.59. The highest BCUT2D eigenvalue weighted by atomic mass is 35.5. The number of piperidine rings is 1. The second-order valence-corrected chi connectivity index (χ2v) is 19.7. The number of carbonyl (C=O) groups excluding carboxylic acids is 3. The van der Waals surface area contributed by atoms with Crippen molar-refractivity contribution in [3.8, 4) is 22.9 Å². The zero-order chi connectivity index (χ0) is 46.7. The van der Waals surface area contributed by atoms with E-state index in [4.69, 9.17) is 21.4 Å². The van der Waals surface area contributed by atoms with Gasteiger partial charge in [0, 0.05) is 118 Å². The molecule has 3 aliphatic heterocycles. The fourth-order valence-electron chi connectivity index (χ4n) is 10.5. The summed E-state index contributed by atoms with van der Waals surface area (Å²) in [4.78, 5) is 54.3. The lowest BCUT2D eigenvalue weighted by atomic mass is 9.49. The van der Waals surface area contributed by atoms with E-state index in [-0.39, 0.29) is 47.5 Å². The molecule has 0 unspecified atom stereocenters. The average Bonchev–Trinajstić information content (AvgIpc) is 3.87. The van der Waals surface area contributed by atoms with Crippen molar-refractivity contribution in [1.29, 1.82) is 5.26 Å². The van der Waals surface area contributed by atoms with Crippen LogP contribution in [0.5, 0.6) is 5.75 Å². The molecule has 0 radical (unpaired) electrons. The number of hydrogen-bond acceptors (Lipinski definition) is 11. The van der Waals surface area contributed by atoms with Gasteiger partial charge in [-0.1, -0.05) is 45.4 Å². The highest BCUT2D eigenvalue weighted by molar-refractivity contribution is 6.31. The predicted molar refractivity (Wildman–Crippen MR) is 246 cm³/mol. The van der Waals surface area contributed by atoms with Crippen LogP contribution in [0, 0.1) is 33.9 Å². The van der Waals surface area contributed by atoms with E-state index < -0.39 is 16.6 Å². The number of rotatable bonds is 11. The molecule has 6 heterocycles. The van der Waals surface area contributed by atoms with E-state index in [0.29, 0.717) is 91.3 Å².